The fraction of sp³-hybridized carbons (Fsp3) is 0.316. The predicted molar refractivity (Wildman–Crippen MR) is 93.9 cm³/mol. The predicted octanol–water partition coefficient (Wildman–Crippen LogP) is 3.36. The topological polar surface area (TPSA) is 42.0 Å². The molecule has 1 saturated heterocycles. The van der Waals surface area contributed by atoms with Gasteiger partial charge in [-0.15, -0.1) is 0 Å². The molecule has 156 valence electrons. The van der Waals surface area contributed by atoms with Gasteiger partial charge in [-0.1, -0.05) is 0 Å². The first kappa shape index (κ1) is 20.7. The fourth-order valence-corrected chi connectivity index (χ4v) is 3.16. The van der Waals surface area contributed by atoms with Gasteiger partial charge in [0, 0.05) is 31.7 Å². The minimum Gasteiger partial charge on any atom is -0.493 e. The Kier molecular flexibility index (Phi) is 5.81. The van der Waals surface area contributed by atoms with E-state index in [1.54, 1.807) is 12.1 Å². The fourth-order valence-electron chi connectivity index (χ4n) is 3.16. The summed E-state index contributed by atoms with van der Waals surface area (Å²) < 4.78 is 78.4. The average molecular weight is 416 g/mol. The lowest BCUT2D eigenvalue weighted by atomic mass is 10.1. The van der Waals surface area contributed by atoms with Crippen molar-refractivity contribution in [1.82, 2.24) is 4.90 Å². The molecular weight excluding hydrogens is 399 g/mol. The highest BCUT2D eigenvalue weighted by Gasteiger charge is 2.31. The third-order valence-corrected chi connectivity index (χ3v) is 4.70. The van der Waals surface area contributed by atoms with Gasteiger partial charge < -0.3 is 19.3 Å². The molecule has 0 bridgehead atoms. The maximum Gasteiger partial charge on any atom is 0.254 e. The summed E-state index contributed by atoms with van der Waals surface area (Å²) in [5.74, 6) is -9.53. The van der Waals surface area contributed by atoms with Gasteiger partial charge in [-0.2, -0.15) is 0 Å². The van der Waals surface area contributed by atoms with Crippen molar-refractivity contribution in [3.63, 3.8) is 0 Å². The summed E-state index contributed by atoms with van der Waals surface area (Å²) >= 11 is 0. The summed E-state index contributed by atoms with van der Waals surface area (Å²) in [6.45, 7) is -0.131. The van der Waals surface area contributed by atoms with E-state index in [1.165, 1.54) is 25.2 Å². The second-order valence-corrected chi connectivity index (χ2v) is 6.27. The second kappa shape index (κ2) is 8.14. The Morgan fingerprint density at radius 3 is 1.83 bits per heavy atom. The molecule has 10 heteroatoms. The Balaban J connectivity index is 1.77. The van der Waals surface area contributed by atoms with Gasteiger partial charge in [0.1, 0.15) is 5.69 Å². The molecule has 5 nitrogen and oxygen atoms in total. The molecule has 3 rings (SSSR count). The van der Waals surface area contributed by atoms with E-state index in [0.29, 0.717) is 17.1 Å². The highest BCUT2D eigenvalue weighted by molar-refractivity contribution is 5.95. The van der Waals surface area contributed by atoms with E-state index in [0.717, 1.165) is 4.90 Å². The number of ether oxygens (including phenoxy) is 2. The molecule has 2 aromatic rings. The third-order valence-electron chi connectivity index (χ3n) is 4.70. The van der Waals surface area contributed by atoms with Gasteiger partial charge in [0.15, 0.2) is 34.8 Å². The Bertz CT molecular complexity index is 917. The van der Waals surface area contributed by atoms with Crippen LogP contribution in [0.15, 0.2) is 18.2 Å². The molecule has 0 spiro atoms. The summed E-state index contributed by atoms with van der Waals surface area (Å²) in [6, 6.07) is 4.61. The van der Waals surface area contributed by atoms with Crippen LogP contribution in [0.5, 0.6) is 11.5 Å². The molecule has 1 aliphatic heterocycles. The van der Waals surface area contributed by atoms with Crippen LogP contribution < -0.4 is 14.4 Å². The number of halogens is 5. The lowest BCUT2D eigenvalue weighted by Gasteiger charge is -2.36. The number of piperazine rings is 1. The summed E-state index contributed by atoms with van der Waals surface area (Å²) in [5, 5.41) is 0. The Morgan fingerprint density at radius 2 is 1.31 bits per heavy atom. The number of rotatable bonds is 4. The molecule has 2 aromatic carbocycles. The first-order chi connectivity index (χ1) is 13.8. The first-order valence-corrected chi connectivity index (χ1v) is 8.57. The lowest BCUT2D eigenvalue weighted by molar-refractivity contribution is 0.0746. The second-order valence-electron chi connectivity index (χ2n) is 6.27. The normalized spacial score (nSPS) is 14.2. The van der Waals surface area contributed by atoms with Crippen molar-refractivity contribution < 1.29 is 36.2 Å². The van der Waals surface area contributed by atoms with Crippen LogP contribution in [0.1, 0.15) is 10.4 Å². The van der Waals surface area contributed by atoms with Crippen LogP contribution in [0.2, 0.25) is 0 Å². The largest absolute Gasteiger partial charge is 0.493 e. The number of benzene rings is 2. The van der Waals surface area contributed by atoms with E-state index < -0.39 is 34.8 Å². The van der Waals surface area contributed by atoms with E-state index in [1.807, 2.05) is 0 Å². The molecule has 0 unspecified atom stereocenters. The van der Waals surface area contributed by atoms with Gasteiger partial charge in [0.25, 0.3) is 5.91 Å². The molecule has 0 atom stereocenters. The number of hydrogen-bond donors (Lipinski definition) is 0. The zero-order valence-electron chi connectivity index (χ0n) is 15.6. The van der Waals surface area contributed by atoms with E-state index in [9.17, 15) is 26.7 Å². The van der Waals surface area contributed by atoms with Crippen molar-refractivity contribution in [3.8, 4) is 11.5 Å². The van der Waals surface area contributed by atoms with Crippen LogP contribution in [0.25, 0.3) is 0 Å². The third kappa shape index (κ3) is 3.66. The van der Waals surface area contributed by atoms with E-state index in [4.69, 9.17) is 9.47 Å². The minimum absolute atomic E-state index is 0.0344. The molecule has 1 amide bonds. The summed E-state index contributed by atoms with van der Waals surface area (Å²) in [6.07, 6.45) is 0. The van der Waals surface area contributed by atoms with Gasteiger partial charge in [0.05, 0.1) is 14.2 Å². The van der Waals surface area contributed by atoms with Crippen molar-refractivity contribution >= 4 is 11.6 Å². The molecule has 0 aromatic heterocycles. The molecule has 29 heavy (non-hydrogen) atoms. The molecule has 1 aliphatic rings. The maximum absolute atomic E-state index is 14.0. The van der Waals surface area contributed by atoms with Crippen LogP contribution in [0, 0.1) is 29.1 Å². The number of carbonyl (C=O) groups is 1. The molecule has 0 radical (unpaired) electrons. The molecule has 0 aliphatic carbocycles. The zero-order valence-corrected chi connectivity index (χ0v) is 15.6. The zero-order chi connectivity index (χ0) is 21.3. The van der Waals surface area contributed by atoms with Crippen LogP contribution in [-0.2, 0) is 0 Å². The van der Waals surface area contributed by atoms with Crippen LogP contribution >= 0.6 is 0 Å². The quantitative estimate of drug-likeness (QED) is 0.436. The van der Waals surface area contributed by atoms with E-state index >= 15 is 0 Å². The maximum atomic E-state index is 14.0. The number of nitrogens with zero attached hydrogens (tertiary/aromatic N) is 2. The monoisotopic (exact) mass is 416 g/mol. The molecule has 1 fully saturated rings. The van der Waals surface area contributed by atoms with Gasteiger partial charge in [-0.25, -0.2) is 22.0 Å². The Labute approximate surface area is 163 Å². The van der Waals surface area contributed by atoms with Crippen molar-refractivity contribution in [2.75, 3.05) is 45.3 Å². The Hall–Kier alpha value is -3.04. The standard InChI is InChI=1S/C19H17F5N2O3/c1-28-11-4-3-10(9-12(11)29-2)19(27)26-7-5-25(6-8-26)18-16(23)14(21)13(20)15(22)17(18)24/h3-4,9H,5-8H2,1-2H3. The summed E-state index contributed by atoms with van der Waals surface area (Å²) in [7, 11) is 2.88. The van der Waals surface area contributed by atoms with Gasteiger partial charge in [-0.3, -0.25) is 4.79 Å². The number of methoxy groups -OCH3 is 2. The van der Waals surface area contributed by atoms with Crippen LogP contribution in [0.3, 0.4) is 0 Å². The van der Waals surface area contributed by atoms with Crippen LogP contribution in [0.4, 0.5) is 27.6 Å². The molecule has 0 saturated carbocycles. The molecule has 1 heterocycles. The average Bonchev–Trinajstić information content (AvgIpc) is 2.76. The van der Waals surface area contributed by atoms with Crippen molar-refractivity contribution in [2.45, 2.75) is 0 Å². The van der Waals surface area contributed by atoms with Crippen molar-refractivity contribution in [3.05, 3.63) is 52.8 Å². The lowest BCUT2D eigenvalue weighted by Crippen LogP contribution is -2.49. The van der Waals surface area contributed by atoms with Gasteiger partial charge in [0.2, 0.25) is 5.82 Å². The highest BCUT2D eigenvalue weighted by Crippen LogP contribution is 2.31. The van der Waals surface area contributed by atoms with Gasteiger partial charge in [-0.05, 0) is 18.2 Å². The minimum atomic E-state index is -2.20. The number of carbonyl (C=O) groups excluding carboxylic acids is 1. The smallest absolute Gasteiger partial charge is 0.254 e. The van der Waals surface area contributed by atoms with Gasteiger partial charge >= 0.3 is 0 Å². The first-order valence-electron chi connectivity index (χ1n) is 8.57. The summed E-state index contributed by atoms with van der Waals surface area (Å²) in [5.41, 5.74) is -0.674. The number of amides is 1. The van der Waals surface area contributed by atoms with Crippen molar-refractivity contribution in [2.24, 2.45) is 0 Å². The summed E-state index contributed by atoms with van der Waals surface area (Å²) in [4.78, 5) is 15.1. The highest BCUT2D eigenvalue weighted by atomic mass is 19.2. The Morgan fingerprint density at radius 1 is 0.793 bits per heavy atom. The molecular formula is C19H17F5N2O3. The van der Waals surface area contributed by atoms with Crippen LogP contribution in [-0.4, -0.2) is 51.2 Å². The van der Waals surface area contributed by atoms with E-state index in [-0.39, 0.29) is 32.1 Å². The number of hydrogen-bond acceptors (Lipinski definition) is 4. The molecule has 0 N–H and O–H groups in total. The van der Waals surface area contributed by atoms with E-state index in [2.05, 4.69) is 0 Å². The van der Waals surface area contributed by atoms with Crippen molar-refractivity contribution in [1.29, 1.82) is 0 Å². The number of anilines is 1. The SMILES string of the molecule is COc1ccc(C(=O)N2CCN(c3c(F)c(F)c(F)c(F)c3F)CC2)cc1OC.